The van der Waals surface area contributed by atoms with E-state index in [1.807, 2.05) is 18.3 Å². The van der Waals surface area contributed by atoms with Crippen LogP contribution in [0.2, 0.25) is 0 Å². The number of pyridine rings is 2. The van der Waals surface area contributed by atoms with Gasteiger partial charge in [0.25, 0.3) is 0 Å². The lowest BCUT2D eigenvalue weighted by atomic mass is 9.96. The molecule has 3 aromatic heterocycles. The Morgan fingerprint density at radius 2 is 1.89 bits per heavy atom. The van der Waals surface area contributed by atoms with Crippen LogP contribution in [0, 0.1) is 11.7 Å². The first-order valence-electron chi connectivity index (χ1n) is 15.7. The molecule has 2 fully saturated rings. The molecule has 1 atom stereocenters. The van der Waals surface area contributed by atoms with Crippen LogP contribution in [0.1, 0.15) is 44.1 Å². The molecular formula is C34H38FN5O5S. The lowest BCUT2D eigenvalue weighted by Gasteiger charge is -2.27. The summed E-state index contributed by atoms with van der Waals surface area (Å²) in [5, 5.41) is 5.47. The summed E-state index contributed by atoms with van der Waals surface area (Å²) in [4.78, 5) is 37.0. The van der Waals surface area contributed by atoms with Crippen molar-refractivity contribution in [2.75, 3.05) is 38.7 Å². The number of hydrogen-bond donors (Lipinski definition) is 2. The maximum Gasteiger partial charge on any atom is 0.319 e. The molecule has 46 heavy (non-hydrogen) atoms. The minimum Gasteiger partial charge on any atom is -0.463 e. The van der Waals surface area contributed by atoms with Crippen LogP contribution in [0.15, 0.2) is 54.9 Å². The van der Waals surface area contributed by atoms with Crippen molar-refractivity contribution in [1.29, 1.82) is 0 Å². The molecule has 1 unspecified atom stereocenters. The quantitative estimate of drug-likeness (QED) is 0.136. The Kier molecular flexibility index (Phi) is 10.4. The Morgan fingerprint density at radius 1 is 1.00 bits per heavy atom. The molecule has 1 saturated heterocycles. The molecule has 2 amide bonds. The third-order valence-corrected chi connectivity index (χ3v) is 9.28. The van der Waals surface area contributed by atoms with Crippen LogP contribution in [-0.2, 0) is 20.8 Å². The number of hydrogen-bond acceptors (Lipinski definition) is 9. The molecule has 10 nitrogen and oxygen atoms in total. The number of esters is 1. The number of carbonyl (C=O) groups is 2. The Hall–Kier alpha value is -4.13. The van der Waals surface area contributed by atoms with E-state index in [2.05, 4.69) is 26.6 Å². The number of nitrogens with one attached hydrogen (secondary N) is 2. The molecule has 2 aliphatic rings. The summed E-state index contributed by atoms with van der Waals surface area (Å²) in [7, 11) is 1.60. The number of amides is 2. The molecule has 1 aliphatic carbocycles. The highest BCUT2D eigenvalue weighted by Gasteiger charge is 2.24. The molecule has 4 heterocycles. The number of anilines is 1. The van der Waals surface area contributed by atoms with E-state index >= 15 is 0 Å². The van der Waals surface area contributed by atoms with Crippen LogP contribution < -0.4 is 15.4 Å². The first-order chi connectivity index (χ1) is 22.4. The van der Waals surface area contributed by atoms with E-state index in [9.17, 15) is 14.0 Å². The average Bonchev–Trinajstić information content (AvgIpc) is 3.73. The Labute approximate surface area is 271 Å². The van der Waals surface area contributed by atoms with Crippen molar-refractivity contribution in [1.82, 2.24) is 20.2 Å². The number of rotatable bonds is 11. The summed E-state index contributed by atoms with van der Waals surface area (Å²) < 4.78 is 32.1. The van der Waals surface area contributed by atoms with Crippen molar-refractivity contribution in [2.45, 2.75) is 51.1 Å². The maximum atomic E-state index is 14.9. The van der Waals surface area contributed by atoms with Crippen molar-refractivity contribution < 1.29 is 28.2 Å². The number of urea groups is 1. The monoisotopic (exact) mass is 647 g/mol. The molecule has 4 aromatic rings. The zero-order chi connectivity index (χ0) is 31.9. The summed E-state index contributed by atoms with van der Waals surface area (Å²) in [5.74, 6) is -0.242. The second kappa shape index (κ2) is 15.0. The number of likely N-dealkylation sites (tertiary alicyclic amines) is 1. The lowest BCUT2D eigenvalue weighted by molar-refractivity contribution is -0.150. The van der Waals surface area contributed by atoms with Gasteiger partial charge in [-0.25, -0.2) is 9.18 Å². The number of thiophene rings is 1. The van der Waals surface area contributed by atoms with E-state index in [-0.39, 0.29) is 29.7 Å². The maximum absolute atomic E-state index is 14.9. The fraction of sp³-hybridized carbons (Fsp3) is 0.412. The van der Waals surface area contributed by atoms with Crippen LogP contribution in [0.5, 0.6) is 11.5 Å². The van der Waals surface area contributed by atoms with Crippen molar-refractivity contribution >= 4 is 39.2 Å². The van der Waals surface area contributed by atoms with Crippen LogP contribution in [0.25, 0.3) is 20.8 Å². The standard InChI is InChI=1S/C34H38FN5O5S/c1-43-16-17-44-33(41)23-4-2-3-14-40(15-12-23)21-22-5-9-27(37-20-22)31-19-28-32(46-31)30(11-13-36-28)45-29-10-8-25(18-26(29)35)39-34(42)38-24-6-7-24/h5,8-11,13,18-20,23-24H,2-4,6-7,12,14-17,21H2,1H3,(H2,38,39,42). The summed E-state index contributed by atoms with van der Waals surface area (Å²) in [5.41, 5.74) is 3.00. The van der Waals surface area contributed by atoms with Gasteiger partial charge in [0.15, 0.2) is 11.6 Å². The number of benzene rings is 1. The smallest absolute Gasteiger partial charge is 0.319 e. The lowest BCUT2D eigenvalue weighted by Crippen LogP contribution is -2.31. The number of fused-ring (bicyclic) bond motifs is 1. The minimum atomic E-state index is -0.583. The second-order valence-electron chi connectivity index (χ2n) is 11.7. The van der Waals surface area contributed by atoms with Gasteiger partial charge in [0.05, 0.1) is 33.3 Å². The first kappa shape index (κ1) is 31.8. The van der Waals surface area contributed by atoms with Gasteiger partial charge in [-0.05, 0) is 75.0 Å². The normalized spacial score (nSPS) is 17.2. The second-order valence-corrected chi connectivity index (χ2v) is 12.8. The number of carbonyl (C=O) groups excluding carboxylic acids is 2. The molecule has 6 rings (SSSR count). The Bertz CT molecular complexity index is 1660. The van der Waals surface area contributed by atoms with Crippen LogP contribution in [-0.4, -0.2) is 66.3 Å². The van der Waals surface area contributed by atoms with Crippen LogP contribution >= 0.6 is 11.3 Å². The van der Waals surface area contributed by atoms with Crippen LogP contribution in [0.3, 0.4) is 0 Å². The SMILES string of the molecule is COCCOC(=O)C1CCCCN(Cc2ccc(-c3cc4nccc(Oc5ccc(NC(=O)NC6CC6)cc5F)c4s3)nc2)CC1. The third-order valence-electron chi connectivity index (χ3n) is 8.12. The van der Waals surface area contributed by atoms with Gasteiger partial charge in [-0.3, -0.25) is 19.7 Å². The van der Waals surface area contributed by atoms with E-state index < -0.39 is 5.82 Å². The fourth-order valence-corrected chi connectivity index (χ4v) is 6.50. The predicted octanol–water partition coefficient (Wildman–Crippen LogP) is 6.76. The van der Waals surface area contributed by atoms with E-state index in [1.54, 1.807) is 25.4 Å². The largest absolute Gasteiger partial charge is 0.463 e. The molecule has 1 aliphatic heterocycles. The number of halogens is 1. The zero-order valence-electron chi connectivity index (χ0n) is 25.8. The molecule has 12 heteroatoms. The number of aromatic nitrogens is 2. The predicted molar refractivity (Wildman–Crippen MR) is 175 cm³/mol. The fourth-order valence-electron chi connectivity index (χ4n) is 5.46. The highest BCUT2D eigenvalue weighted by Crippen LogP contribution is 2.39. The van der Waals surface area contributed by atoms with E-state index in [0.29, 0.717) is 24.7 Å². The molecule has 1 saturated carbocycles. The van der Waals surface area contributed by atoms with Crippen molar-refractivity contribution in [3.8, 4) is 22.1 Å². The topological polar surface area (TPSA) is 115 Å². The summed E-state index contributed by atoms with van der Waals surface area (Å²) >= 11 is 1.48. The molecule has 0 bridgehead atoms. The van der Waals surface area contributed by atoms with Gasteiger partial charge in [0.1, 0.15) is 12.4 Å². The highest BCUT2D eigenvalue weighted by atomic mass is 32.1. The van der Waals surface area contributed by atoms with Gasteiger partial charge in [-0.2, -0.15) is 0 Å². The zero-order valence-corrected chi connectivity index (χ0v) is 26.6. The summed E-state index contributed by atoms with van der Waals surface area (Å²) in [6.07, 6.45) is 9.15. The minimum absolute atomic E-state index is 0.0524. The van der Waals surface area contributed by atoms with Crippen molar-refractivity contribution in [3.05, 3.63) is 66.2 Å². The molecule has 1 aromatic carbocycles. The molecule has 0 spiro atoms. The van der Waals surface area contributed by atoms with Gasteiger partial charge in [0, 0.05) is 49.9 Å². The van der Waals surface area contributed by atoms with Gasteiger partial charge < -0.3 is 24.8 Å². The number of nitrogens with zero attached hydrogens (tertiary/aromatic N) is 3. The molecule has 0 radical (unpaired) electrons. The highest BCUT2D eigenvalue weighted by molar-refractivity contribution is 7.22. The van der Waals surface area contributed by atoms with Crippen molar-refractivity contribution in [3.63, 3.8) is 0 Å². The van der Waals surface area contributed by atoms with Gasteiger partial charge >= 0.3 is 12.0 Å². The van der Waals surface area contributed by atoms with Gasteiger partial charge in [-0.15, -0.1) is 11.3 Å². The van der Waals surface area contributed by atoms with Gasteiger partial charge in [0.2, 0.25) is 0 Å². The van der Waals surface area contributed by atoms with E-state index in [0.717, 1.165) is 84.5 Å². The average molecular weight is 648 g/mol. The molecular weight excluding hydrogens is 609 g/mol. The first-order valence-corrected chi connectivity index (χ1v) is 16.5. The molecule has 2 N–H and O–H groups in total. The summed E-state index contributed by atoms with van der Waals surface area (Å²) in [6.45, 7) is 3.27. The number of methoxy groups -OCH3 is 1. The summed E-state index contributed by atoms with van der Waals surface area (Å²) in [6, 6.07) is 12.0. The van der Waals surface area contributed by atoms with Crippen molar-refractivity contribution in [2.24, 2.45) is 5.92 Å². The number of ether oxygens (including phenoxy) is 3. The Morgan fingerprint density at radius 3 is 2.67 bits per heavy atom. The molecule has 242 valence electrons. The Balaban J connectivity index is 1.08. The van der Waals surface area contributed by atoms with E-state index in [1.165, 1.54) is 23.5 Å². The third kappa shape index (κ3) is 8.36. The van der Waals surface area contributed by atoms with E-state index in [4.69, 9.17) is 19.2 Å². The van der Waals surface area contributed by atoms with Crippen LogP contribution in [0.4, 0.5) is 14.9 Å². The van der Waals surface area contributed by atoms with Gasteiger partial charge in [-0.1, -0.05) is 12.5 Å².